The largest absolute Gasteiger partial charge is 0.368 e. The van der Waals surface area contributed by atoms with Crippen molar-refractivity contribution in [2.24, 2.45) is 0 Å². The highest BCUT2D eigenvalue weighted by molar-refractivity contribution is 9.10. The van der Waals surface area contributed by atoms with Crippen molar-refractivity contribution in [3.05, 3.63) is 28.2 Å². The van der Waals surface area contributed by atoms with E-state index in [0.29, 0.717) is 6.04 Å². The Bertz CT molecular complexity index is 388. The van der Waals surface area contributed by atoms with Gasteiger partial charge in [-0.15, -0.1) is 17.0 Å². The summed E-state index contributed by atoms with van der Waals surface area (Å²) in [4.78, 5) is 2.49. The maximum Gasteiger partial charge on any atom is 0.0419 e. The molecule has 0 radical (unpaired) electrons. The number of hydrogen-bond donors (Lipinski definition) is 0. The molecule has 1 heterocycles. The quantitative estimate of drug-likeness (QED) is 0.720. The minimum absolute atomic E-state index is 0. The normalized spacial score (nSPS) is 21.6. The second-order valence-corrected chi connectivity index (χ2v) is 5.67. The van der Waals surface area contributed by atoms with Crippen molar-refractivity contribution >= 4 is 38.6 Å². The van der Waals surface area contributed by atoms with Crippen LogP contribution in [0.5, 0.6) is 0 Å². The van der Waals surface area contributed by atoms with Crippen molar-refractivity contribution in [2.45, 2.75) is 39.2 Å². The third-order valence-corrected chi connectivity index (χ3v) is 4.46. The van der Waals surface area contributed by atoms with Crippen LogP contribution in [0.25, 0.3) is 0 Å². The number of anilines is 1. The van der Waals surface area contributed by atoms with Gasteiger partial charge in [0.15, 0.2) is 0 Å². The van der Waals surface area contributed by atoms with E-state index >= 15 is 0 Å². The highest BCUT2D eigenvalue weighted by Crippen LogP contribution is 2.47. The first-order chi connectivity index (χ1) is 7.00. The van der Waals surface area contributed by atoms with E-state index in [9.17, 15) is 0 Å². The molecule has 0 aliphatic carbocycles. The van der Waals surface area contributed by atoms with Gasteiger partial charge in [0, 0.05) is 28.2 Å². The van der Waals surface area contributed by atoms with E-state index in [-0.39, 0.29) is 22.4 Å². The molecule has 1 aromatic carbocycles. The minimum atomic E-state index is 0. The lowest BCUT2D eigenvalue weighted by atomic mass is 9.81. The summed E-state index contributed by atoms with van der Waals surface area (Å²) in [7, 11) is 0. The summed E-state index contributed by atoms with van der Waals surface area (Å²) in [5, 5.41) is 0. The van der Waals surface area contributed by atoms with Crippen LogP contribution in [0.4, 0.5) is 5.69 Å². The molecular weight excluding hydrogens is 330 g/mol. The molecule has 0 aromatic heterocycles. The fourth-order valence-electron chi connectivity index (χ4n) is 2.64. The predicted molar refractivity (Wildman–Crippen MR) is 80.0 cm³/mol. The Hall–Kier alpha value is -0.0200. The maximum atomic E-state index is 3.68. The van der Waals surface area contributed by atoms with Crippen molar-refractivity contribution in [3.63, 3.8) is 0 Å². The molecule has 3 heteroatoms. The van der Waals surface area contributed by atoms with Crippen LogP contribution in [0.1, 0.15) is 33.3 Å². The fraction of sp³-hybridized carbons (Fsp3) is 0.538. The Balaban J connectivity index is 0.00000128. The monoisotopic (exact) mass is 347 g/mol. The van der Waals surface area contributed by atoms with E-state index in [1.807, 2.05) is 0 Å². The first kappa shape index (κ1) is 14.0. The summed E-state index contributed by atoms with van der Waals surface area (Å²) < 4.78 is 1.24. The molecule has 1 nitrogen and oxygen atoms in total. The lowest BCUT2D eigenvalue weighted by Gasteiger charge is -2.30. The van der Waals surface area contributed by atoms with Gasteiger partial charge in [0.2, 0.25) is 0 Å². The number of halogens is 2. The van der Waals surface area contributed by atoms with Gasteiger partial charge in [-0.1, -0.05) is 35.8 Å². The van der Waals surface area contributed by atoms with Crippen LogP contribution in [0, 0.1) is 0 Å². The van der Waals surface area contributed by atoms with Crippen LogP contribution in [0.2, 0.25) is 0 Å². The summed E-state index contributed by atoms with van der Waals surface area (Å²) in [5.74, 6) is 0. The lowest BCUT2D eigenvalue weighted by molar-refractivity contribution is 0.444. The van der Waals surface area contributed by atoms with Crippen molar-refractivity contribution < 1.29 is 0 Å². The summed E-state index contributed by atoms with van der Waals surface area (Å²) in [5.41, 5.74) is 3.08. The van der Waals surface area contributed by atoms with Gasteiger partial charge in [0.1, 0.15) is 0 Å². The average Bonchev–Trinajstić information content (AvgIpc) is 2.36. The predicted octanol–water partition coefficient (Wildman–Crippen LogP) is 4.53. The van der Waals surface area contributed by atoms with E-state index < -0.39 is 0 Å². The molecule has 1 aliphatic rings. The highest BCUT2D eigenvalue weighted by atomic mass is 79.9. The van der Waals surface area contributed by atoms with E-state index in [1.165, 1.54) is 15.7 Å². The molecule has 0 N–H and O–H groups in total. The van der Waals surface area contributed by atoms with Crippen LogP contribution in [0.3, 0.4) is 0 Å². The number of likely N-dealkylation sites (N-methyl/N-ethyl adjacent to an activating group) is 1. The Morgan fingerprint density at radius 1 is 1.38 bits per heavy atom. The standard InChI is InChI=1S/C13H18BrN.BrH/c1-5-15-9(2)13(3,4)12-10(14)7-6-8-11(12)15;/h6-9H,5H2,1-4H3;1H. The molecule has 90 valence electrons. The van der Waals surface area contributed by atoms with Gasteiger partial charge in [-0.2, -0.15) is 0 Å². The highest BCUT2D eigenvalue weighted by Gasteiger charge is 2.42. The Labute approximate surface area is 117 Å². The number of benzene rings is 1. The average molecular weight is 349 g/mol. The topological polar surface area (TPSA) is 3.24 Å². The first-order valence-electron chi connectivity index (χ1n) is 5.55. The molecule has 1 aromatic rings. The summed E-state index contributed by atoms with van der Waals surface area (Å²) >= 11 is 3.68. The number of hydrogen-bond acceptors (Lipinski definition) is 1. The SMILES string of the molecule is Br.CCN1c2cccc(Br)c2C(C)(C)C1C. The van der Waals surface area contributed by atoms with Crippen LogP contribution >= 0.6 is 32.9 Å². The second-order valence-electron chi connectivity index (χ2n) is 4.82. The van der Waals surface area contributed by atoms with Crippen LogP contribution in [0.15, 0.2) is 22.7 Å². The Morgan fingerprint density at radius 3 is 2.56 bits per heavy atom. The Morgan fingerprint density at radius 2 is 2.00 bits per heavy atom. The molecule has 0 fully saturated rings. The van der Waals surface area contributed by atoms with E-state index in [1.54, 1.807) is 0 Å². The van der Waals surface area contributed by atoms with Crippen molar-refractivity contribution in [1.82, 2.24) is 0 Å². The molecule has 0 spiro atoms. The molecule has 0 saturated heterocycles. The second kappa shape index (κ2) is 4.69. The van der Waals surface area contributed by atoms with Crippen LogP contribution < -0.4 is 4.90 Å². The lowest BCUT2D eigenvalue weighted by Crippen LogP contribution is -2.38. The molecule has 1 atom stereocenters. The third kappa shape index (κ3) is 1.82. The Kier molecular flexibility index (Phi) is 4.12. The first-order valence-corrected chi connectivity index (χ1v) is 6.35. The van der Waals surface area contributed by atoms with Crippen LogP contribution in [-0.2, 0) is 5.41 Å². The zero-order valence-electron chi connectivity index (χ0n) is 10.2. The molecule has 0 saturated carbocycles. The van der Waals surface area contributed by atoms with E-state index in [0.717, 1.165) is 6.54 Å². The fourth-order valence-corrected chi connectivity index (χ4v) is 3.51. The van der Waals surface area contributed by atoms with Crippen LogP contribution in [-0.4, -0.2) is 12.6 Å². The zero-order chi connectivity index (χ0) is 11.2. The van der Waals surface area contributed by atoms with Crippen molar-refractivity contribution in [2.75, 3.05) is 11.4 Å². The molecule has 1 aliphatic heterocycles. The molecule has 16 heavy (non-hydrogen) atoms. The van der Waals surface area contributed by atoms with Gasteiger partial charge >= 0.3 is 0 Å². The van der Waals surface area contributed by atoms with E-state index in [2.05, 4.69) is 66.7 Å². The van der Waals surface area contributed by atoms with Gasteiger partial charge in [0.25, 0.3) is 0 Å². The molecular formula is C13H19Br2N. The summed E-state index contributed by atoms with van der Waals surface area (Å²) in [6, 6.07) is 7.07. The summed E-state index contributed by atoms with van der Waals surface area (Å²) in [6.45, 7) is 10.3. The van der Waals surface area contributed by atoms with Gasteiger partial charge in [-0.3, -0.25) is 0 Å². The third-order valence-electron chi connectivity index (χ3n) is 3.80. The van der Waals surface area contributed by atoms with E-state index in [4.69, 9.17) is 0 Å². The molecule has 0 bridgehead atoms. The smallest absolute Gasteiger partial charge is 0.0419 e. The summed E-state index contributed by atoms with van der Waals surface area (Å²) in [6.07, 6.45) is 0. The molecule has 2 rings (SSSR count). The van der Waals surface area contributed by atoms with Crippen molar-refractivity contribution in [3.8, 4) is 0 Å². The molecule has 1 unspecified atom stereocenters. The number of fused-ring (bicyclic) bond motifs is 1. The van der Waals surface area contributed by atoms with Gasteiger partial charge in [-0.05, 0) is 31.5 Å². The number of rotatable bonds is 1. The zero-order valence-corrected chi connectivity index (χ0v) is 13.5. The number of nitrogens with zero attached hydrogens (tertiary/aromatic N) is 1. The molecule has 0 amide bonds. The van der Waals surface area contributed by atoms with Crippen molar-refractivity contribution in [1.29, 1.82) is 0 Å². The van der Waals surface area contributed by atoms with Gasteiger partial charge < -0.3 is 4.90 Å². The maximum absolute atomic E-state index is 3.68. The minimum Gasteiger partial charge on any atom is -0.368 e. The van der Waals surface area contributed by atoms with Gasteiger partial charge in [0.05, 0.1) is 0 Å². The van der Waals surface area contributed by atoms with Gasteiger partial charge in [-0.25, -0.2) is 0 Å².